The molecule has 1 heterocycles. The Balaban J connectivity index is 2.67. The summed E-state index contributed by atoms with van der Waals surface area (Å²) in [5.41, 5.74) is 1.24. The number of halogens is 2. The summed E-state index contributed by atoms with van der Waals surface area (Å²) >= 11 is 12.1. The van der Waals surface area contributed by atoms with Crippen molar-refractivity contribution >= 4 is 23.2 Å². The van der Waals surface area contributed by atoms with Crippen molar-refractivity contribution in [2.45, 2.75) is 6.92 Å². The average Bonchev–Trinajstić information content (AvgIpc) is 2.50. The number of hydrogen-bond acceptors (Lipinski definition) is 5. The van der Waals surface area contributed by atoms with Crippen molar-refractivity contribution in [3.63, 3.8) is 0 Å². The number of nitrogens with zero attached hydrogens (tertiary/aromatic N) is 2. The SMILES string of the molecule is COc1cc(OC)c(-c2nc(Cl)c(C)c(Cl)n2)cc1OC. The van der Waals surface area contributed by atoms with Gasteiger partial charge in [-0.3, -0.25) is 0 Å². The van der Waals surface area contributed by atoms with Gasteiger partial charge in [0.15, 0.2) is 17.3 Å². The van der Waals surface area contributed by atoms with Crippen molar-refractivity contribution in [3.05, 3.63) is 28.0 Å². The highest BCUT2D eigenvalue weighted by atomic mass is 35.5. The van der Waals surface area contributed by atoms with Gasteiger partial charge in [-0.05, 0) is 13.0 Å². The lowest BCUT2D eigenvalue weighted by Gasteiger charge is -2.14. The summed E-state index contributed by atoms with van der Waals surface area (Å²) in [7, 11) is 4.64. The predicted octanol–water partition coefficient (Wildman–Crippen LogP) is 3.78. The number of methoxy groups -OCH3 is 3. The molecule has 21 heavy (non-hydrogen) atoms. The molecule has 0 saturated heterocycles. The number of rotatable bonds is 4. The van der Waals surface area contributed by atoms with Crippen molar-refractivity contribution in [1.82, 2.24) is 9.97 Å². The van der Waals surface area contributed by atoms with Crippen molar-refractivity contribution in [1.29, 1.82) is 0 Å². The second-order valence-electron chi connectivity index (χ2n) is 4.16. The summed E-state index contributed by atoms with van der Waals surface area (Å²) in [5.74, 6) is 1.96. The van der Waals surface area contributed by atoms with E-state index >= 15 is 0 Å². The highest BCUT2D eigenvalue weighted by Gasteiger charge is 2.17. The highest BCUT2D eigenvalue weighted by molar-refractivity contribution is 6.34. The van der Waals surface area contributed by atoms with E-state index in [-0.39, 0.29) is 0 Å². The van der Waals surface area contributed by atoms with Crippen LogP contribution in [0.15, 0.2) is 12.1 Å². The molecule has 0 saturated carbocycles. The van der Waals surface area contributed by atoms with E-state index in [1.54, 1.807) is 40.4 Å². The molecule has 2 rings (SSSR count). The fourth-order valence-corrected chi connectivity index (χ4v) is 2.18. The largest absolute Gasteiger partial charge is 0.496 e. The summed E-state index contributed by atoms with van der Waals surface area (Å²) in [6, 6.07) is 3.41. The van der Waals surface area contributed by atoms with Crippen LogP contribution in [0.25, 0.3) is 11.4 Å². The molecule has 7 heteroatoms. The maximum absolute atomic E-state index is 6.06. The molecule has 0 N–H and O–H groups in total. The van der Waals surface area contributed by atoms with Crippen LogP contribution < -0.4 is 14.2 Å². The molecule has 0 aliphatic carbocycles. The lowest BCUT2D eigenvalue weighted by Crippen LogP contribution is -1.99. The van der Waals surface area contributed by atoms with Gasteiger partial charge in [-0.1, -0.05) is 23.2 Å². The van der Waals surface area contributed by atoms with Crippen LogP contribution in [0.5, 0.6) is 17.2 Å². The lowest BCUT2D eigenvalue weighted by atomic mass is 10.1. The van der Waals surface area contributed by atoms with Crippen molar-refractivity contribution in [2.24, 2.45) is 0 Å². The van der Waals surface area contributed by atoms with Gasteiger partial charge in [-0.2, -0.15) is 0 Å². The fraction of sp³-hybridized carbons (Fsp3) is 0.286. The molecular formula is C14H14Cl2N2O3. The minimum Gasteiger partial charge on any atom is -0.496 e. The first-order valence-electron chi connectivity index (χ1n) is 6.01. The maximum Gasteiger partial charge on any atom is 0.166 e. The first-order valence-corrected chi connectivity index (χ1v) is 6.77. The van der Waals surface area contributed by atoms with Gasteiger partial charge in [0, 0.05) is 11.6 Å². The Kier molecular flexibility index (Phi) is 4.75. The van der Waals surface area contributed by atoms with Gasteiger partial charge >= 0.3 is 0 Å². The Hall–Kier alpha value is -1.72. The predicted molar refractivity (Wildman–Crippen MR) is 81.9 cm³/mol. The molecule has 0 amide bonds. The number of hydrogen-bond donors (Lipinski definition) is 0. The molecule has 0 radical (unpaired) electrons. The van der Waals surface area contributed by atoms with Crippen LogP contribution in [0, 0.1) is 6.92 Å². The van der Waals surface area contributed by atoms with E-state index in [1.807, 2.05) is 0 Å². The van der Waals surface area contributed by atoms with Gasteiger partial charge in [0.05, 0.1) is 26.9 Å². The van der Waals surface area contributed by atoms with Crippen LogP contribution in [0.2, 0.25) is 10.3 Å². The van der Waals surface area contributed by atoms with E-state index in [0.29, 0.717) is 44.5 Å². The zero-order valence-electron chi connectivity index (χ0n) is 12.0. The van der Waals surface area contributed by atoms with E-state index in [1.165, 1.54) is 0 Å². The zero-order chi connectivity index (χ0) is 15.6. The van der Waals surface area contributed by atoms with Gasteiger partial charge in [-0.25, -0.2) is 9.97 Å². The Morgan fingerprint density at radius 3 is 1.76 bits per heavy atom. The smallest absolute Gasteiger partial charge is 0.166 e. The molecule has 5 nitrogen and oxygen atoms in total. The van der Waals surface area contributed by atoms with Crippen molar-refractivity contribution in [2.75, 3.05) is 21.3 Å². The molecular weight excluding hydrogens is 315 g/mol. The third-order valence-corrected chi connectivity index (χ3v) is 3.71. The van der Waals surface area contributed by atoms with Crippen LogP contribution in [-0.4, -0.2) is 31.3 Å². The molecule has 0 aliphatic heterocycles. The Labute approximate surface area is 132 Å². The Morgan fingerprint density at radius 1 is 0.810 bits per heavy atom. The van der Waals surface area contributed by atoms with E-state index in [0.717, 1.165) is 0 Å². The van der Waals surface area contributed by atoms with Gasteiger partial charge in [-0.15, -0.1) is 0 Å². The number of benzene rings is 1. The van der Waals surface area contributed by atoms with Gasteiger partial charge in [0.1, 0.15) is 16.1 Å². The molecule has 0 atom stereocenters. The second-order valence-corrected chi connectivity index (χ2v) is 4.88. The van der Waals surface area contributed by atoms with Crippen LogP contribution in [0.4, 0.5) is 0 Å². The molecule has 0 fully saturated rings. The summed E-state index contributed by atoms with van der Waals surface area (Å²) in [5, 5.41) is 0.587. The van der Waals surface area contributed by atoms with Gasteiger partial charge in [0.25, 0.3) is 0 Å². The Bertz CT molecular complexity index is 655. The summed E-state index contributed by atoms with van der Waals surface area (Å²) < 4.78 is 15.9. The third kappa shape index (κ3) is 2.99. The van der Waals surface area contributed by atoms with E-state index < -0.39 is 0 Å². The fourth-order valence-electron chi connectivity index (χ4n) is 1.79. The van der Waals surface area contributed by atoms with Crippen LogP contribution >= 0.6 is 23.2 Å². The molecule has 2 aromatic rings. The molecule has 0 bridgehead atoms. The average molecular weight is 329 g/mol. The Morgan fingerprint density at radius 2 is 1.29 bits per heavy atom. The normalized spacial score (nSPS) is 10.4. The summed E-state index contributed by atoms with van der Waals surface area (Å²) in [4.78, 5) is 8.47. The van der Waals surface area contributed by atoms with Crippen molar-refractivity contribution < 1.29 is 14.2 Å². The highest BCUT2D eigenvalue weighted by Crippen LogP contribution is 2.39. The maximum atomic E-state index is 6.06. The molecule has 1 aromatic heterocycles. The minimum atomic E-state index is 0.293. The quantitative estimate of drug-likeness (QED) is 0.799. The number of aromatic nitrogens is 2. The van der Waals surface area contributed by atoms with E-state index in [2.05, 4.69) is 9.97 Å². The van der Waals surface area contributed by atoms with Gasteiger partial charge < -0.3 is 14.2 Å². The standard InChI is InChI=1S/C14H14Cl2N2O3/c1-7-12(15)17-14(18-13(7)16)8-5-10(20-3)11(21-4)6-9(8)19-2/h5-6H,1-4H3. The minimum absolute atomic E-state index is 0.293. The zero-order valence-corrected chi connectivity index (χ0v) is 13.5. The first-order chi connectivity index (χ1) is 10.0. The summed E-state index contributed by atoms with van der Waals surface area (Å²) in [6.45, 7) is 1.75. The van der Waals surface area contributed by atoms with Gasteiger partial charge in [0.2, 0.25) is 0 Å². The number of ether oxygens (including phenoxy) is 3. The van der Waals surface area contributed by atoms with E-state index in [9.17, 15) is 0 Å². The third-order valence-electron chi connectivity index (χ3n) is 2.97. The van der Waals surface area contributed by atoms with E-state index in [4.69, 9.17) is 37.4 Å². The topological polar surface area (TPSA) is 53.5 Å². The molecule has 1 aromatic carbocycles. The monoisotopic (exact) mass is 328 g/mol. The first kappa shape index (κ1) is 15.7. The van der Waals surface area contributed by atoms with Crippen LogP contribution in [0.1, 0.15) is 5.56 Å². The molecule has 0 unspecified atom stereocenters. The molecule has 0 spiro atoms. The van der Waals surface area contributed by atoms with Crippen LogP contribution in [-0.2, 0) is 0 Å². The molecule has 112 valence electrons. The van der Waals surface area contributed by atoms with Crippen LogP contribution in [0.3, 0.4) is 0 Å². The second kappa shape index (κ2) is 6.37. The molecule has 0 aliphatic rings. The van der Waals surface area contributed by atoms with Crippen molar-refractivity contribution in [3.8, 4) is 28.6 Å². The summed E-state index contributed by atoms with van der Waals surface area (Å²) in [6.07, 6.45) is 0. The lowest BCUT2D eigenvalue weighted by molar-refractivity contribution is 0.349.